The summed E-state index contributed by atoms with van der Waals surface area (Å²) < 4.78 is 5.14. The molecule has 3 rings (SSSR count). The number of likely N-dealkylation sites (N-methyl/N-ethyl adjacent to an activating group) is 1. The number of rotatable bonds is 6. The van der Waals surface area contributed by atoms with Crippen LogP contribution < -0.4 is 4.74 Å². The topological polar surface area (TPSA) is 53.0 Å². The van der Waals surface area contributed by atoms with E-state index in [0.717, 1.165) is 12.3 Å². The van der Waals surface area contributed by atoms with Crippen molar-refractivity contribution in [3.8, 4) is 5.75 Å². The maximum atomic E-state index is 12.8. The van der Waals surface area contributed by atoms with Gasteiger partial charge in [-0.3, -0.25) is 9.69 Å². The molecule has 5 nitrogen and oxygen atoms in total. The van der Waals surface area contributed by atoms with Gasteiger partial charge in [0.2, 0.25) is 0 Å². The lowest BCUT2D eigenvalue weighted by molar-refractivity contribution is 0.0763. The summed E-state index contributed by atoms with van der Waals surface area (Å²) in [4.78, 5) is 17.8. The Balaban J connectivity index is 1.64. The molecule has 1 amide bonds. The van der Waals surface area contributed by atoms with Crippen LogP contribution in [0.1, 0.15) is 15.9 Å². The van der Waals surface area contributed by atoms with E-state index in [1.807, 2.05) is 7.05 Å². The second kappa shape index (κ2) is 8.78. The highest BCUT2D eigenvalue weighted by molar-refractivity contribution is 7.98. The number of β-amino-alcohol motifs (C(OH)–C–C–N with tert-alkyl or cyclic N) is 1. The van der Waals surface area contributed by atoms with E-state index in [1.54, 1.807) is 48.0 Å². The highest BCUT2D eigenvalue weighted by atomic mass is 32.2. The number of carbonyl (C=O) groups is 1. The average molecular weight is 387 g/mol. The number of likely N-dealkylation sites (tertiary alicyclic amines) is 1. The summed E-state index contributed by atoms with van der Waals surface area (Å²) in [6, 6.07) is 15.4. The largest absolute Gasteiger partial charge is 0.497 e. The van der Waals surface area contributed by atoms with Crippen LogP contribution in [-0.4, -0.2) is 66.5 Å². The van der Waals surface area contributed by atoms with Crippen LogP contribution in [0.15, 0.2) is 53.4 Å². The van der Waals surface area contributed by atoms with Gasteiger partial charge < -0.3 is 14.7 Å². The number of hydrogen-bond donors (Lipinski definition) is 1. The molecule has 0 aliphatic carbocycles. The third-order valence-electron chi connectivity index (χ3n) is 5.02. The molecule has 0 saturated carbocycles. The summed E-state index contributed by atoms with van der Waals surface area (Å²) >= 11 is 1.72. The molecule has 1 heterocycles. The molecule has 144 valence electrons. The number of methoxy groups -OCH3 is 1. The van der Waals surface area contributed by atoms with E-state index in [-0.39, 0.29) is 11.9 Å². The first kappa shape index (κ1) is 19.7. The fraction of sp³-hybridized carbons (Fsp3) is 0.381. The smallest absolute Gasteiger partial charge is 0.254 e. The van der Waals surface area contributed by atoms with Crippen molar-refractivity contribution in [3.05, 3.63) is 59.7 Å². The summed E-state index contributed by atoms with van der Waals surface area (Å²) in [5, 5.41) is 10.5. The Morgan fingerprint density at radius 3 is 2.67 bits per heavy atom. The van der Waals surface area contributed by atoms with Gasteiger partial charge in [-0.1, -0.05) is 12.1 Å². The predicted octanol–water partition coefficient (Wildman–Crippen LogP) is 2.73. The molecule has 1 aliphatic rings. The van der Waals surface area contributed by atoms with Crippen molar-refractivity contribution in [1.29, 1.82) is 0 Å². The molecule has 1 aliphatic heterocycles. The van der Waals surface area contributed by atoms with Gasteiger partial charge in [-0.2, -0.15) is 0 Å². The lowest BCUT2D eigenvalue weighted by Crippen LogP contribution is -2.40. The van der Waals surface area contributed by atoms with E-state index in [0.29, 0.717) is 18.7 Å². The van der Waals surface area contributed by atoms with Crippen LogP contribution in [0.4, 0.5) is 0 Å². The summed E-state index contributed by atoms with van der Waals surface area (Å²) in [7, 11) is 3.60. The average Bonchev–Trinajstić information content (AvgIpc) is 3.09. The van der Waals surface area contributed by atoms with Crippen LogP contribution in [0.5, 0.6) is 5.75 Å². The number of hydrogen-bond acceptors (Lipinski definition) is 5. The SMILES string of the molecule is COc1ccc(C(=O)N2C[C@H](O)[C@@H](N(C)Cc3cccc(SC)c3)C2)cc1. The Bertz CT molecular complexity index is 781. The molecule has 1 fully saturated rings. The van der Waals surface area contributed by atoms with Crippen molar-refractivity contribution < 1.29 is 14.6 Å². The molecule has 0 bridgehead atoms. The molecule has 2 aromatic carbocycles. The minimum absolute atomic E-state index is 0.0583. The minimum atomic E-state index is -0.555. The highest BCUT2D eigenvalue weighted by Crippen LogP contribution is 2.22. The molecule has 0 aromatic heterocycles. The third kappa shape index (κ3) is 4.64. The van der Waals surface area contributed by atoms with Crippen molar-refractivity contribution in [2.75, 3.05) is 33.5 Å². The lowest BCUT2D eigenvalue weighted by atomic mass is 10.1. The number of ether oxygens (including phenoxy) is 1. The van der Waals surface area contributed by atoms with Crippen molar-refractivity contribution in [1.82, 2.24) is 9.80 Å². The normalized spacial score (nSPS) is 19.5. The Morgan fingerprint density at radius 2 is 2.00 bits per heavy atom. The standard InChI is InChI=1S/C21H26N2O3S/c1-22(12-15-5-4-6-18(11-15)27-3)19-13-23(14-20(19)24)21(25)16-7-9-17(26-2)10-8-16/h4-11,19-20,24H,12-14H2,1-3H3/t19-,20-/m0/s1. The van der Waals surface area contributed by atoms with Crippen molar-refractivity contribution in [2.24, 2.45) is 0 Å². The zero-order valence-electron chi connectivity index (χ0n) is 16.0. The number of amides is 1. The molecule has 27 heavy (non-hydrogen) atoms. The quantitative estimate of drug-likeness (QED) is 0.774. The maximum Gasteiger partial charge on any atom is 0.254 e. The second-order valence-electron chi connectivity index (χ2n) is 6.84. The lowest BCUT2D eigenvalue weighted by Gasteiger charge is -2.26. The van der Waals surface area contributed by atoms with E-state index in [9.17, 15) is 9.90 Å². The molecular formula is C21H26N2O3S. The number of aliphatic hydroxyl groups is 1. The van der Waals surface area contributed by atoms with Crippen LogP contribution in [0.25, 0.3) is 0 Å². The molecular weight excluding hydrogens is 360 g/mol. The summed E-state index contributed by atoms with van der Waals surface area (Å²) in [5.74, 6) is 0.662. The molecule has 0 radical (unpaired) electrons. The summed E-state index contributed by atoms with van der Waals surface area (Å²) in [6.45, 7) is 1.61. The molecule has 0 spiro atoms. The molecule has 2 atom stereocenters. The zero-order chi connectivity index (χ0) is 19.4. The monoisotopic (exact) mass is 386 g/mol. The van der Waals surface area contributed by atoms with Crippen LogP contribution in [0.3, 0.4) is 0 Å². The van der Waals surface area contributed by atoms with E-state index >= 15 is 0 Å². The fourth-order valence-corrected chi connectivity index (χ4v) is 3.94. The van der Waals surface area contributed by atoms with Crippen molar-refractivity contribution >= 4 is 17.7 Å². The molecule has 1 saturated heterocycles. The third-order valence-corrected chi connectivity index (χ3v) is 5.74. The van der Waals surface area contributed by atoms with Gasteiger partial charge in [0.25, 0.3) is 5.91 Å². The van der Waals surface area contributed by atoms with Crippen LogP contribution in [-0.2, 0) is 6.54 Å². The molecule has 0 unspecified atom stereocenters. The first-order chi connectivity index (χ1) is 13.0. The Morgan fingerprint density at radius 1 is 1.26 bits per heavy atom. The van der Waals surface area contributed by atoms with Gasteiger partial charge in [-0.15, -0.1) is 11.8 Å². The van der Waals surface area contributed by atoms with Crippen molar-refractivity contribution in [2.45, 2.75) is 23.6 Å². The van der Waals surface area contributed by atoms with Crippen LogP contribution in [0.2, 0.25) is 0 Å². The minimum Gasteiger partial charge on any atom is -0.497 e. The van der Waals surface area contributed by atoms with Crippen LogP contribution in [0, 0.1) is 0 Å². The Kier molecular flexibility index (Phi) is 6.42. The molecule has 1 N–H and O–H groups in total. The second-order valence-corrected chi connectivity index (χ2v) is 7.72. The van der Waals surface area contributed by atoms with E-state index in [1.165, 1.54) is 10.5 Å². The van der Waals surface area contributed by atoms with Gasteiger partial charge in [-0.25, -0.2) is 0 Å². The number of benzene rings is 2. The molecule has 6 heteroatoms. The number of thioether (sulfide) groups is 1. The Labute approximate surface area is 164 Å². The van der Waals surface area contributed by atoms with Gasteiger partial charge in [0, 0.05) is 30.1 Å². The highest BCUT2D eigenvalue weighted by Gasteiger charge is 2.36. The number of nitrogens with zero attached hydrogens (tertiary/aromatic N) is 2. The molecule has 2 aromatic rings. The van der Waals surface area contributed by atoms with Gasteiger partial charge in [0.1, 0.15) is 5.75 Å². The zero-order valence-corrected chi connectivity index (χ0v) is 16.8. The first-order valence-corrected chi connectivity index (χ1v) is 10.2. The number of carbonyl (C=O) groups excluding carboxylic acids is 1. The van der Waals surface area contributed by atoms with E-state index < -0.39 is 6.10 Å². The van der Waals surface area contributed by atoms with E-state index in [2.05, 4.69) is 35.4 Å². The number of aliphatic hydroxyl groups excluding tert-OH is 1. The fourth-order valence-electron chi connectivity index (χ4n) is 3.46. The first-order valence-electron chi connectivity index (χ1n) is 8.96. The Hall–Kier alpha value is -2.02. The summed E-state index contributed by atoms with van der Waals surface area (Å²) in [5.41, 5.74) is 1.82. The van der Waals surface area contributed by atoms with Gasteiger partial charge in [0.15, 0.2) is 0 Å². The van der Waals surface area contributed by atoms with E-state index in [4.69, 9.17) is 4.74 Å². The van der Waals surface area contributed by atoms with Crippen molar-refractivity contribution in [3.63, 3.8) is 0 Å². The maximum absolute atomic E-state index is 12.8. The van der Waals surface area contributed by atoms with Gasteiger partial charge in [0.05, 0.1) is 19.3 Å². The van der Waals surface area contributed by atoms with Gasteiger partial charge >= 0.3 is 0 Å². The van der Waals surface area contributed by atoms with Gasteiger partial charge in [-0.05, 0) is 55.3 Å². The van der Waals surface area contributed by atoms with Crippen LogP contribution >= 0.6 is 11.8 Å². The summed E-state index contributed by atoms with van der Waals surface area (Å²) in [6.07, 6.45) is 1.51. The predicted molar refractivity (Wildman–Crippen MR) is 108 cm³/mol.